The summed E-state index contributed by atoms with van der Waals surface area (Å²) in [6.45, 7) is 1.53. The molecule has 1 aromatic heterocycles. The largest absolute Gasteiger partial charge is 0.347 e. The average Bonchev–Trinajstić information content (AvgIpc) is 2.98. The van der Waals surface area contributed by atoms with Crippen molar-refractivity contribution in [1.82, 2.24) is 9.88 Å². The molecule has 0 aliphatic carbocycles. The number of aromatic nitrogens is 1. The molecule has 138 valence electrons. The maximum Gasteiger partial charge on any atom is 0.232 e. The number of hydrogen-bond donors (Lipinski definition) is 0. The third kappa shape index (κ3) is 3.93. The first-order valence-corrected chi connectivity index (χ1v) is 10.4. The molecule has 0 spiro atoms. The van der Waals surface area contributed by atoms with E-state index in [4.69, 9.17) is 5.26 Å². The summed E-state index contributed by atoms with van der Waals surface area (Å²) in [6, 6.07) is 16.8. The lowest BCUT2D eigenvalue weighted by molar-refractivity contribution is -0.129. The summed E-state index contributed by atoms with van der Waals surface area (Å²) in [5.41, 5.74) is 1.84. The first-order valence-electron chi connectivity index (χ1n) is 9.28. The minimum Gasteiger partial charge on any atom is -0.347 e. The predicted octanol–water partition coefficient (Wildman–Crippen LogP) is 3.07. The fourth-order valence-corrected chi connectivity index (χ4v) is 4.89. The number of piperazine rings is 1. The summed E-state index contributed by atoms with van der Waals surface area (Å²) < 4.78 is 0. The lowest BCUT2D eigenvalue weighted by Crippen LogP contribution is -2.56. The number of thioether (sulfide) groups is 1. The molecule has 2 aliphatic rings. The molecule has 1 amide bonds. The van der Waals surface area contributed by atoms with Gasteiger partial charge in [-0.3, -0.25) is 4.79 Å². The van der Waals surface area contributed by atoms with Crippen LogP contribution in [-0.4, -0.2) is 46.7 Å². The van der Waals surface area contributed by atoms with Gasteiger partial charge in [0.1, 0.15) is 11.9 Å². The van der Waals surface area contributed by atoms with Crippen molar-refractivity contribution >= 4 is 23.5 Å². The topological polar surface area (TPSA) is 60.2 Å². The zero-order chi connectivity index (χ0) is 18.6. The van der Waals surface area contributed by atoms with E-state index in [-0.39, 0.29) is 5.91 Å². The number of anilines is 1. The van der Waals surface area contributed by atoms with E-state index in [1.807, 2.05) is 35.2 Å². The predicted molar refractivity (Wildman–Crippen MR) is 107 cm³/mol. The van der Waals surface area contributed by atoms with Crippen LogP contribution < -0.4 is 4.90 Å². The Kier molecular flexibility index (Phi) is 5.30. The number of rotatable bonds is 5. The molecule has 2 aromatic rings. The number of carbonyl (C=O) groups excluding carboxylic acids is 1. The number of nitrogens with zero attached hydrogens (tertiary/aromatic N) is 4. The van der Waals surface area contributed by atoms with Crippen LogP contribution in [0.15, 0.2) is 48.7 Å². The highest BCUT2D eigenvalue weighted by Gasteiger charge is 2.41. The number of fused-ring (bicyclic) bond motifs is 2. The van der Waals surface area contributed by atoms with Crippen molar-refractivity contribution in [3.8, 4) is 6.07 Å². The Morgan fingerprint density at radius 2 is 1.89 bits per heavy atom. The number of hydrogen-bond acceptors (Lipinski definition) is 5. The van der Waals surface area contributed by atoms with Crippen LogP contribution in [0.3, 0.4) is 0 Å². The van der Waals surface area contributed by atoms with Gasteiger partial charge in [-0.05, 0) is 30.5 Å². The molecule has 4 rings (SSSR count). The summed E-state index contributed by atoms with van der Waals surface area (Å²) in [5.74, 6) is 2.56. The molecule has 0 saturated carbocycles. The fraction of sp³-hybridized carbons (Fsp3) is 0.381. The SMILES string of the molecule is N#Cc1ccc(N2C3CCC2CN(C(=O)CSCc2ccccc2)C3)nc1. The van der Waals surface area contributed by atoms with Crippen LogP contribution in [0.5, 0.6) is 0 Å². The van der Waals surface area contributed by atoms with Crippen LogP contribution in [0.4, 0.5) is 5.82 Å². The normalized spacial score (nSPS) is 21.1. The van der Waals surface area contributed by atoms with Gasteiger partial charge in [-0.25, -0.2) is 4.98 Å². The van der Waals surface area contributed by atoms with Gasteiger partial charge in [-0.15, -0.1) is 11.8 Å². The van der Waals surface area contributed by atoms with Crippen LogP contribution in [0.1, 0.15) is 24.0 Å². The van der Waals surface area contributed by atoms with Gasteiger partial charge in [-0.2, -0.15) is 5.26 Å². The number of pyridine rings is 1. The van der Waals surface area contributed by atoms with Gasteiger partial charge in [0.25, 0.3) is 0 Å². The Bertz CT molecular complexity index is 820. The molecule has 2 saturated heterocycles. The molecule has 27 heavy (non-hydrogen) atoms. The van der Waals surface area contributed by atoms with E-state index in [1.54, 1.807) is 18.0 Å². The third-order valence-electron chi connectivity index (χ3n) is 5.31. The maximum absolute atomic E-state index is 12.7. The molecular weight excluding hydrogens is 356 g/mol. The van der Waals surface area contributed by atoms with Gasteiger partial charge in [-0.1, -0.05) is 30.3 Å². The smallest absolute Gasteiger partial charge is 0.232 e. The summed E-state index contributed by atoms with van der Waals surface area (Å²) in [7, 11) is 0. The first-order chi connectivity index (χ1) is 13.2. The Morgan fingerprint density at radius 1 is 1.15 bits per heavy atom. The summed E-state index contributed by atoms with van der Waals surface area (Å²) in [4.78, 5) is 21.5. The molecule has 0 N–H and O–H groups in total. The highest BCUT2D eigenvalue weighted by molar-refractivity contribution is 7.99. The van der Waals surface area contributed by atoms with Gasteiger partial charge in [0, 0.05) is 37.1 Å². The zero-order valence-electron chi connectivity index (χ0n) is 15.1. The van der Waals surface area contributed by atoms with Gasteiger partial charge >= 0.3 is 0 Å². The Hall–Kier alpha value is -2.52. The van der Waals surface area contributed by atoms with Crippen LogP contribution in [0, 0.1) is 11.3 Å². The van der Waals surface area contributed by atoms with Crippen molar-refractivity contribution in [2.24, 2.45) is 0 Å². The van der Waals surface area contributed by atoms with E-state index in [0.717, 1.165) is 37.5 Å². The average molecular weight is 379 g/mol. The number of likely N-dealkylation sites (tertiary alicyclic amines) is 1. The molecule has 2 unspecified atom stereocenters. The van der Waals surface area contributed by atoms with Crippen LogP contribution in [0.2, 0.25) is 0 Å². The Morgan fingerprint density at radius 3 is 2.52 bits per heavy atom. The first kappa shape index (κ1) is 17.9. The fourth-order valence-electron chi connectivity index (χ4n) is 4.01. The molecule has 2 aliphatic heterocycles. The van der Waals surface area contributed by atoms with Gasteiger partial charge in [0.15, 0.2) is 0 Å². The molecular formula is C21H22N4OS. The number of amides is 1. The van der Waals surface area contributed by atoms with Gasteiger partial charge < -0.3 is 9.80 Å². The Balaban J connectivity index is 1.34. The van der Waals surface area contributed by atoms with Gasteiger partial charge in [0.05, 0.1) is 11.3 Å². The third-order valence-corrected chi connectivity index (χ3v) is 6.30. The molecule has 2 bridgehead atoms. The second-order valence-corrected chi connectivity index (χ2v) is 8.07. The molecule has 0 radical (unpaired) electrons. The van der Waals surface area contributed by atoms with E-state index in [2.05, 4.69) is 28.1 Å². The van der Waals surface area contributed by atoms with E-state index in [9.17, 15) is 4.79 Å². The molecule has 1 aromatic carbocycles. The molecule has 2 fully saturated rings. The van der Waals surface area contributed by atoms with Crippen molar-refractivity contribution < 1.29 is 4.79 Å². The van der Waals surface area contributed by atoms with E-state index in [0.29, 0.717) is 23.4 Å². The molecule has 2 atom stereocenters. The molecule has 6 heteroatoms. The van der Waals surface area contributed by atoms with E-state index in [1.165, 1.54) is 5.56 Å². The standard InChI is InChI=1S/C21H22N4OS/c22-10-17-6-9-20(23-11-17)25-18-7-8-19(25)13-24(12-18)21(26)15-27-14-16-4-2-1-3-5-16/h1-6,9,11,18-19H,7-8,12-15H2. The van der Waals surface area contributed by atoms with Crippen molar-refractivity contribution in [3.63, 3.8) is 0 Å². The van der Waals surface area contributed by atoms with Crippen molar-refractivity contribution in [3.05, 3.63) is 59.8 Å². The summed E-state index contributed by atoms with van der Waals surface area (Å²) >= 11 is 1.68. The number of carbonyl (C=O) groups is 1. The van der Waals surface area contributed by atoms with Crippen LogP contribution >= 0.6 is 11.8 Å². The van der Waals surface area contributed by atoms with Crippen molar-refractivity contribution in [2.75, 3.05) is 23.7 Å². The van der Waals surface area contributed by atoms with Crippen molar-refractivity contribution in [2.45, 2.75) is 30.7 Å². The van der Waals surface area contributed by atoms with E-state index < -0.39 is 0 Å². The molecule has 3 heterocycles. The zero-order valence-corrected chi connectivity index (χ0v) is 15.9. The lowest BCUT2D eigenvalue weighted by atomic mass is 10.1. The number of nitriles is 1. The van der Waals surface area contributed by atoms with Crippen molar-refractivity contribution in [1.29, 1.82) is 5.26 Å². The second kappa shape index (κ2) is 8.01. The minimum absolute atomic E-state index is 0.236. The Labute approximate surface area is 164 Å². The highest BCUT2D eigenvalue weighted by Crippen LogP contribution is 2.34. The maximum atomic E-state index is 12.7. The lowest BCUT2D eigenvalue weighted by Gasteiger charge is -2.41. The second-order valence-electron chi connectivity index (χ2n) is 7.09. The van der Waals surface area contributed by atoms with E-state index >= 15 is 0 Å². The van der Waals surface area contributed by atoms with Crippen LogP contribution in [0.25, 0.3) is 0 Å². The quantitative estimate of drug-likeness (QED) is 0.800. The minimum atomic E-state index is 0.236. The molecule has 5 nitrogen and oxygen atoms in total. The summed E-state index contributed by atoms with van der Waals surface area (Å²) in [6.07, 6.45) is 3.81. The van der Waals surface area contributed by atoms with Gasteiger partial charge in [0.2, 0.25) is 5.91 Å². The monoisotopic (exact) mass is 378 g/mol. The highest BCUT2D eigenvalue weighted by atomic mass is 32.2. The van der Waals surface area contributed by atoms with Crippen LogP contribution in [-0.2, 0) is 10.5 Å². The summed E-state index contributed by atoms with van der Waals surface area (Å²) in [5, 5.41) is 8.94. The number of benzene rings is 1.